The van der Waals surface area contributed by atoms with Crippen LogP contribution in [0.4, 0.5) is 0 Å². The van der Waals surface area contributed by atoms with E-state index in [1.54, 1.807) is 18.5 Å². The van der Waals surface area contributed by atoms with E-state index >= 15 is 0 Å². The number of aromatic nitrogens is 2. The minimum Gasteiger partial charge on any atom is -0.388 e. The van der Waals surface area contributed by atoms with Gasteiger partial charge in [-0.15, -0.1) is 0 Å². The van der Waals surface area contributed by atoms with Crippen LogP contribution < -0.4 is 5.32 Å². The van der Waals surface area contributed by atoms with Crippen LogP contribution in [0.15, 0.2) is 18.5 Å². The van der Waals surface area contributed by atoms with Crippen molar-refractivity contribution in [3.8, 4) is 0 Å². The molecule has 1 aliphatic carbocycles. The molecule has 140 valence electrons. The standard InChI is InChI=1S/C19H24ClN3O3/c1-12-3-2-5-19(25,7-12)11-22-18(24)14-8-23(13-9-26-10-13)17-16(14)15(20)4-6-21-17/h4,6,8,12-13,25H,2-3,5,7,9-11H2,1H3,(H,22,24)/t12-,19-/m0/s1. The zero-order valence-corrected chi connectivity index (χ0v) is 15.6. The van der Waals surface area contributed by atoms with Crippen molar-refractivity contribution in [1.82, 2.24) is 14.9 Å². The Balaban J connectivity index is 1.58. The predicted molar refractivity (Wildman–Crippen MR) is 99.5 cm³/mol. The monoisotopic (exact) mass is 377 g/mol. The number of ether oxygens (including phenoxy) is 1. The molecule has 1 saturated heterocycles. The van der Waals surface area contributed by atoms with Crippen LogP contribution in [0.3, 0.4) is 0 Å². The van der Waals surface area contributed by atoms with Crippen molar-refractivity contribution >= 4 is 28.5 Å². The minimum absolute atomic E-state index is 0.174. The van der Waals surface area contributed by atoms with Crippen molar-refractivity contribution in [1.29, 1.82) is 0 Å². The van der Waals surface area contributed by atoms with Crippen LogP contribution in [0.1, 0.15) is 49.0 Å². The van der Waals surface area contributed by atoms with Crippen molar-refractivity contribution in [3.05, 3.63) is 29.0 Å². The third-order valence-corrected chi connectivity index (χ3v) is 5.88. The normalized spacial score (nSPS) is 26.7. The predicted octanol–water partition coefficient (Wildman–Crippen LogP) is 2.93. The van der Waals surface area contributed by atoms with E-state index in [1.807, 2.05) is 4.57 Å². The molecule has 26 heavy (non-hydrogen) atoms. The number of hydrogen-bond donors (Lipinski definition) is 2. The minimum atomic E-state index is -0.824. The van der Waals surface area contributed by atoms with Gasteiger partial charge in [0.25, 0.3) is 5.91 Å². The molecule has 1 amide bonds. The highest BCUT2D eigenvalue weighted by atomic mass is 35.5. The number of nitrogens with zero attached hydrogens (tertiary/aromatic N) is 2. The van der Waals surface area contributed by atoms with Crippen molar-refractivity contribution < 1.29 is 14.6 Å². The topological polar surface area (TPSA) is 76.4 Å². The van der Waals surface area contributed by atoms with Crippen LogP contribution >= 0.6 is 11.6 Å². The number of nitrogens with one attached hydrogen (secondary N) is 1. The van der Waals surface area contributed by atoms with Crippen LogP contribution in [0.25, 0.3) is 11.0 Å². The molecule has 2 atom stereocenters. The SMILES string of the molecule is C[C@H]1CCC[C@@](O)(CNC(=O)c2cn(C3COC3)c3nccc(Cl)c23)C1. The van der Waals surface area contributed by atoms with Gasteiger partial charge in [0, 0.05) is 18.9 Å². The Hall–Kier alpha value is -1.63. The van der Waals surface area contributed by atoms with E-state index in [2.05, 4.69) is 17.2 Å². The number of pyridine rings is 1. The number of aliphatic hydroxyl groups is 1. The van der Waals surface area contributed by atoms with E-state index in [-0.39, 0.29) is 18.5 Å². The molecule has 3 heterocycles. The highest BCUT2D eigenvalue weighted by molar-refractivity contribution is 6.36. The summed E-state index contributed by atoms with van der Waals surface area (Å²) in [4.78, 5) is 17.3. The summed E-state index contributed by atoms with van der Waals surface area (Å²) < 4.78 is 7.24. The van der Waals surface area contributed by atoms with Crippen LogP contribution in [0, 0.1) is 5.92 Å². The van der Waals surface area contributed by atoms with E-state index in [0.717, 1.165) is 25.7 Å². The van der Waals surface area contributed by atoms with Gasteiger partial charge in [0.1, 0.15) is 5.65 Å². The number of halogens is 1. The summed E-state index contributed by atoms with van der Waals surface area (Å²) in [6.45, 7) is 3.62. The van der Waals surface area contributed by atoms with Crippen molar-refractivity contribution in [2.75, 3.05) is 19.8 Å². The Morgan fingerprint density at radius 1 is 1.54 bits per heavy atom. The maximum atomic E-state index is 12.9. The fraction of sp³-hybridized carbons (Fsp3) is 0.579. The lowest BCUT2D eigenvalue weighted by Gasteiger charge is -2.35. The molecular weight excluding hydrogens is 354 g/mol. The molecule has 0 radical (unpaired) electrons. The molecule has 2 aromatic rings. The van der Waals surface area contributed by atoms with Crippen LogP contribution in [0.5, 0.6) is 0 Å². The van der Waals surface area contributed by atoms with Gasteiger partial charge in [0.15, 0.2) is 0 Å². The van der Waals surface area contributed by atoms with Gasteiger partial charge in [-0.2, -0.15) is 0 Å². The maximum Gasteiger partial charge on any atom is 0.253 e. The first-order chi connectivity index (χ1) is 12.5. The summed E-state index contributed by atoms with van der Waals surface area (Å²) in [5.41, 5.74) is 0.369. The van der Waals surface area contributed by atoms with Gasteiger partial charge in [0.05, 0.1) is 40.8 Å². The first kappa shape index (κ1) is 17.8. The van der Waals surface area contributed by atoms with Crippen molar-refractivity contribution in [3.63, 3.8) is 0 Å². The molecule has 4 rings (SSSR count). The lowest BCUT2D eigenvalue weighted by molar-refractivity contribution is -0.0216. The second kappa shape index (κ2) is 6.83. The van der Waals surface area contributed by atoms with E-state index < -0.39 is 5.60 Å². The highest BCUT2D eigenvalue weighted by Gasteiger charge is 2.33. The molecule has 7 heteroatoms. The summed E-state index contributed by atoms with van der Waals surface area (Å²) in [5, 5.41) is 14.8. The molecule has 2 fully saturated rings. The Bertz CT molecular complexity index is 833. The van der Waals surface area contributed by atoms with E-state index in [0.29, 0.717) is 40.8 Å². The largest absolute Gasteiger partial charge is 0.388 e. The van der Waals surface area contributed by atoms with Gasteiger partial charge in [-0.05, 0) is 24.8 Å². The molecular formula is C19H24ClN3O3. The van der Waals surface area contributed by atoms with Gasteiger partial charge in [-0.25, -0.2) is 4.98 Å². The Kier molecular flexibility index (Phi) is 4.67. The summed E-state index contributed by atoms with van der Waals surface area (Å²) >= 11 is 6.37. The number of hydrogen-bond acceptors (Lipinski definition) is 4. The second-order valence-electron chi connectivity index (χ2n) is 7.74. The zero-order chi connectivity index (χ0) is 18.3. The third kappa shape index (κ3) is 3.21. The van der Waals surface area contributed by atoms with Gasteiger partial charge < -0.3 is 19.7 Å². The summed E-state index contributed by atoms with van der Waals surface area (Å²) in [7, 11) is 0. The Morgan fingerprint density at radius 2 is 2.35 bits per heavy atom. The summed E-state index contributed by atoms with van der Waals surface area (Å²) in [6.07, 6.45) is 7.02. The average Bonchev–Trinajstić information content (AvgIpc) is 2.92. The number of carbonyl (C=O) groups excluding carboxylic acids is 1. The Morgan fingerprint density at radius 3 is 3.04 bits per heavy atom. The molecule has 2 aromatic heterocycles. The molecule has 6 nitrogen and oxygen atoms in total. The lowest BCUT2D eigenvalue weighted by atomic mass is 9.79. The van der Waals surface area contributed by atoms with Crippen LogP contribution in [0.2, 0.25) is 5.02 Å². The van der Waals surface area contributed by atoms with Crippen molar-refractivity contribution in [2.45, 2.75) is 44.2 Å². The molecule has 1 saturated carbocycles. The first-order valence-corrected chi connectivity index (χ1v) is 9.58. The molecule has 0 aromatic carbocycles. The summed E-state index contributed by atoms with van der Waals surface area (Å²) in [6, 6.07) is 1.87. The van der Waals surface area contributed by atoms with E-state index in [9.17, 15) is 9.90 Å². The molecule has 0 spiro atoms. The number of amides is 1. The number of carbonyl (C=O) groups is 1. The van der Waals surface area contributed by atoms with E-state index in [1.165, 1.54) is 0 Å². The smallest absolute Gasteiger partial charge is 0.253 e. The van der Waals surface area contributed by atoms with E-state index in [4.69, 9.17) is 16.3 Å². The molecule has 0 unspecified atom stereocenters. The number of fused-ring (bicyclic) bond motifs is 1. The van der Waals surface area contributed by atoms with Gasteiger partial charge >= 0.3 is 0 Å². The van der Waals surface area contributed by atoms with Crippen LogP contribution in [-0.2, 0) is 4.74 Å². The fourth-order valence-electron chi connectivity index (χ4n) is 4.10. The van der Waals surface area contributed by atoms with Gasteiger partial charge in [-0.1, -0.05) is 31.4 Å². The molecule has 2 aliphatic rings. The zero-order valence-electron chi connectivity index (χ0n) is 14.9. The number of rotatable bonds is 4. The first-order valence-electron chi connectivity index (χ1n) is 9.20. The van der Waals surface area contributed by atoms with Crippen LogP contribution in [-0.4, -0.2) is 45.9 Å². The molecule has 1 aliphatic heterocycles. The summed E-state index contributed by atoms with van der Waals surface area (Å²) in [5.74, 6) is 0.250. The lowest BCUT2D eigenvalue weighted by Crippen LogP contribution is -2.45. The maximum absolute atomic E-state index is 12.9. The molecule has 2 N–H and O–H groups in total. The van der Waals surface area contributed by atoms with Crippen molar-refractivity contribution in [2.24, 2.45) is 5.92 Å². The van der Waals surface area contributed by atoms with Gasteiger partial charge in [0.2, 0.25) is 0 Å². The third-order valence-electron chi connectivity index (χ3n) is 5.57. The quantitative estimate of drug-likeness (QED) is 0.858. The second-order valence-corrected chi connectivity index (χ2v) is 8.15. The average molecular weight is 378 g/mol. The fourth-order valence-corrected chi connectivity index (χ4v) is 4.35. The highest BCUT2D eigenvalue weighted by Crippen LogP contribution is 2.33. The van der Waals surface area contributed by atoms with Gasteiger partial charge in [-0.3, -0.25) is 4.79 Å². The molecule has 0 bridgehead atoms. The Labute approximate surface area is 157 Å².